The first-order valence-corrected chi connectivity index (χ1v) is 4.70. The molecule has 64 valence electrons. The van der Waals surface area contributed by atoms with Crippen molar-refractivity contribution >= 4 is 0 Å². The molecule has 11 heavy (non-hydrogen) atoms. The number of rotatable bonds is 3. The van der Waals surface area contributed by atoms with Gasteiger partial charge in [0.05, 0.1) is 12.2 Å². The van der Waals surface area contributed by atoms with Crippen LogP contribution < -0.4 is 5.32 Å². The van der Waals surface area contributed by atoms with Crippen LogP contribution >= 0.6 is 0 Å². The second-order valence-electron chi connectivity index (χ2n) is 3.78. The van der Waals surface area contributed by atoms with Crippen LogP contribution in [0.4, 0.5) is 0 Å². The fourth-order valence-corrected chi connectivity index (χ4v) is 2.10. The van der Waals surface area contributed by atoms with Gasteiger partial charge in [0.25, 0.3) is 0 Å². The summed E-state index contributed by atoms with van der Waals surface area (Å²) in [6.07, 6.45) is 6.70. The lowest BCUT2D eigenvalue weighted by Crippen LogP contribution is -2.18. The summed E-state index contributed by atoms with van der Waals surface area (Å²) in [6.45, 7) is 1.17. The molecule has 0 bridgehead atoms. The van der Waals surface area contributed by atoms with Crippen LogP contribution in [0.25, 0.3) is 0 Å². The molecule has 2 nitrogen and oxygen atoms in total. The second kappa shape index (κ2) is 3.11. The first kappa shape index (κ1) is 7.56. The van der Waals surface area contributed by atoms with E-state index in [-0.39, 0.29) is 0 Å². The predicted octanol–water partition coefficient (Wildman–Crippen LogP) is 1.16. The number of ether oxygens (including phenoxy) is 1. The Morgan fingerprint density at radius 3 is 3.00 bits per heavy atom. The molecule has 0 aromatic carbocycles. The summed E-state index contributed by atoms with van der Waals surface area (Å²) in [7, 11) is 2.03. The Balaban J connectivity index is 1.68. The summed E-state index contributed by atoms with van der Waals surface area (Å²) in [4.78, 5) is 0. The lowest BCUT2D eigenvalue weighted by Gasteiger charge is -2.17. The molecule has 1 aliphatic carbocycles. The van der Waals surface area contributed by atoms with Crippen molar-refractivity contribution in [2.45, 2.75) is 37.9 Å². The molecule has 0 aromatic rings. The highest BCUT2D eigenvalue weighted by atomic mass is 16.6. The molecule has 1 saturated heterocycles. The van der Waals surface area contributed by atoms with E-state index in [9.17, 15) is 0 Å². The van der Waals surface area contributed by atoms with Crippen LogP contribution in [0, 0.1) is 5.92 Å². The average molecular weight is 155 g/mol. The number of nitrogens with one attached hydrogen (secondary N) is 1. The van der Waals surface area contributed by atoms with Gasteiger partial charge in [-0.3, -0.25) is 0 Å². The van der Waals surface area contributed by atoms with E-state index < -0.39 is 0 Å². The van der Waals surface area contributed by atoms with Gasteiger partial charge in [-0.2, -0.15) is 0 Å². The van der Waals surface area contributed by atoms with Crippen LogP contribution in [-0.2, 0) is 4.74 Å². The van der Waals surface area contributed by atoms with Gasteiger partial charge in [-0.1, -0.05) is 0 Å². The Labute approximate surface area is 68.3 Å². The smallest absolute Gasteiger partial charge is 0.0844 e. The van der Waals surface area contributed by atoms with Gasteiger partial charge >= 0.3 is 0 Å². The van der Waals surface area contributed by atoms with Gasteiger partial charge in [0.2, 0.25) is 0 Å². The maximum atomic E-state index is 5.47. The average Bonchev–Trinajstić information content (AvgIpc) is 2.78. The zero-order valence-corrected chi connectivity index (χ0v) is 7.18. The normalized spacial score (nSPS) is 41.7. The third-order valence-corrected chi connectivity index (χ3v) is 2.92. The summed E-state index contributed by atoms with van der Waals surface area (Å²) in [6, 6.07) is 0. The molecule has 0 spiro atoms. The molecule has 1 saturated carbocycles. The van der Waals surface area contributed by atoms with E-state index in [2.05, 4.69) is 5.32 Å². The van der Waals surface area contributed by atoms with Gasteiger partial charge in [-0.25, -0.2) is 0 Å². The van der Waals surface area contributed by atoms with Crippen molar-refractivity contribution in [3.8, 4) is 0 Å². The van der Waals surface area contributed by atoms with E-state index in [0.29, 0.717) is 12.2 Å². The molecule has 0 aromatic heterocycles. The van der Waals surface area contributed by atoms with Crippen LogP contribution in [-0.4, -0.2) is 25.8 Å². The third-order valence-electron chi connectivity index (χ3n) is 2.92. The van der Waals surface area contributed by atoms with Crippen molar-refractivity contribution in [2.75, 3.05) is 13.6 Å². The summed E-state index contributed by atoms with van der Waals surface area (Å²) < 4.78 is 5.47. The maximum absolute atomic E-state index is 5.47. The quantitative estimate of drug-likeness (QED) is 0.619. The lowest BCUT2D eigenvalue weighted by atomic mass is 9.87. The van der Waals surface area contributed by atoms with Gasteiger partial charge in [0.1, 0.15) is 0 Å². The maximum Gasteiger partial charge on any atom is 0.0844 e. The van der Waals surface area contributed by atoms with Crippen molar-refractivity contribution in [2.24, 2.45) is 5.92 Å². The van der Waals surface area contributed by atoms with Gasteiger partial charge in [0, 0.05) is 0 Å². The Kier molecular flexibility index (Phi) is 2.14. The predicted molar refractivity (Wildman–Crippen MR) is 44.5 cm³/mol. The van der Waals surface area contributed by atoms with E-state index in [0.717, 1.165) is 5.92 Å². The topological polar surface area (TPSA) is 24.6 Å². The molecule has 2 heteroatoms. The van der Waals surface area contributed by atoms with Gasteiger partial charge < -0.3 is 10.1 Å². The summed E-state index contributed by atoms with van der Waals surface area (Å²) >= 11 is 0. The van der Waals surface area contributed by atoms with Gasteiger partial charge in [-0.15, -0.1) is 0 Å². The number of hydrogen-bond donors (Lipinski definition) is 1. The van der Waals surface area contributed by atoms with Crippen LogP contribution in [0.15, 0.2) is 0 Å². The molecule has 2 rings (SSSR count). The Hall–Kier alpha value is -0.0800. The van der Waals surface area contributed by atoms with E-state index in [4.69, 9.17) is 4.74 Å². The summed E-state index contributed by atoms with van der Waals surface area (Å²) in [5.74, 6) is 0.936. The minimum absolute atomic E-state index is 0.658. The largest absolute Gasteiger partial charge is 0.370 e. The minimum atomic E-state index is 0.658. The highest BCUT2D eigenvalue weighted by molar-refractivity contribution is 4.91. The van der Waals surface area contributed by atoms with E-state index in [1.54, 1.807) is 0 Å². The minimum Gasteiger partial charge on any atom is -0.370 e. The third kappa shape index (κ3) is 1.74. The highest BCUT2D eigenvalue weighted by Gasteiger charge is 2.43. The monoisotopic (exact) mass is 155 g/mol. The molecule has 2 fully saturated rings. The molecule has 0 unspecified atom stereocenters. The molecule has 3 atom stereocenters. The summed E-state index contributed by atoms with van der Waals surface area (Å²) in [5, 5.41) is 3.20. The SMILES string of the molecule is CNCC[C@H]1CC[C@H]2O[C@H]2C1. The zero-order chi connectivity index (χ0) is 7.68. The molecular formula is C9H17NO. The van der Waals surface area contributed by atoms with Gasteiger partial charge in [0.15, 0.2) is 0 Å². The highest BCUT2D eigenvalue weighted by Crippen LogP contribution is 2.40. The lowest BCUT2D eigenvalue weighted by molar-refractivity contribution is 0.350. The molecule has 0 amide bonds. The van der Waals surface area contributed by atoms with Crippen LogP contribution in [0.1, 0.15) is 25.7 Å². The van der Waals surface area contributed by atoms with Crippen LogP contribution in [0.2, 0.25) is 0 Å². The molecule has 2 aliphatic rings. The molecule has 1 N–H and O–H groups in total. The Morgan fingerprint density at radius 2 is 2.27 bits per heavy atom. The Bertz CT molecular complexity index is 138. The fourth-order valence-electron chi connectivity index (χ4n) is 2.10. The van der Waals surface area contributed by atoms with Crippen molar-refractivity contribution in [1.82, 2.24) is 5.32 Å². The van der Waals surface area contributed by atoms with Crippen molar-refractivity contribution in [1.29, 1.82) is 0 Å². The summed E-state index contributed by atoms with van der Waals surface area (Å²) in [5.41, 5.74) is 0. The Morgan fingerprint density at radius 1 is 1.36 bits per heavy atom. The van der Waals surface area contributed by atoms with Gasteiger partial charge in [-0.05, 0) is 45.2 Å². The molecule has 1 aliphatic heterocycles. The fraction of sp³-hybridized carbons (Fsp3) is 1.00. The number of hydrogen-bond acceptors (Lipinski definition) is 2. The van der Waals surface area contributed by atoms with Crippen molar-refractivity contribution in [3.63, 3.8) is 0 Å². The standard InChI is InChI=1S/C9H17NO/c1-10-5-4-7-2-3-8-9(6-7)11-8/h7-10H,2-6H2,1H3/t7-,8-,9+/m1/s1. The van der Waals surface area contributed by atoms with Crippen molar-refractivity contribution in [3.05, 3.63) is 0 Å². The first-order valence-electron chi connectivity index (χ1n) is 4.70. The van der Waals surface area contributed by atoms with Crippen LogP contribution in [0.5, 0.6) is 0 Å². The van der Waals surface area contributed by atoms with E-state index in [1.807, 2.05) is 7.05 Å². The second-order valence-corrected chi connectivity index (χ2v) is 3.78. The van der Waals surface area contributed by atoms with E-state index in [1.165, 1.54) is 32.2 Å². The number of epoxide rings is 1. The molecule has 1 heterocycles. The molecular weight excluding hydrogens is 138 g/mol. The van der Waals surface area contributed by atoms with Crippen molar-refractivity contribution < 1.29 is 4.74 Å². The van der Waals surface area contributed by atoms with E-state index >= 15 is 0 Å². The molecule has 0 radical (unpaired) electrons. The number of fused-ring (bicyclic) bond motifs is 1. The van der Waals surface area contributed by atoms with Crippen LogP contribution in [0.3, 0.4) is 0 Å². The first-order chi connectivity index (χ1) is 5.40. The zero-order valence-electron chi connectivity index (χ0n) is 7.18.